The van der Waals surface area contributed by atoms with Crippen molar-refractivity contribution in [2.75, 3.05) is 0 Å². The second-order valence-corrected chi connectivity index (χ2v) is 9.80. The molecule has 152 valence electrons. The molecule has 0 aliphatic rings. The maximum absolute atomic E-state index is 9.87. The standard InChI is InChI=1S/C26H31O2P/c1-5-26(4,29-25-14-12-19(2)15-22(25)17-27)23-16-20(3)11-13-24(23)28-18-21-9-7-6-8-10-21/h6-16,27,29H,5,17-18H2,1-4H3. The Kier molecular flexibility index (Phi) is 7.11. The first-order valence-corrected chi connectivity index (χ1v) is 11.2. The van der Waals surface area contributed by atoms with E-state index in [9.17, 15) is 5.11 Å². The summed E-state index contributed by atoms with van der Waals surface area (Å²) in [6, 6.07) is 23.2. The normalized spacial score (nSPS) is 13.6. The molecule has 3 heteroatoms. The van der Waals surface area contributed by atoms with Crippen LogP contribution in [0.3, 0.4) is 0 Å². The summed E-state index contributed by atoms with van der Waals surface area (Å²) >= 11 is 0. The topological polar surface area (TPSA) is 29.5 Å². The van der Waals surface area contributed by atoms with Gasteiger partial charge in [0.15, 0.2) is 0 Å². The molecule has 2 atom stereocenters. The molecule has 0 radical (unpaired) electrons. The second kappa shape index (κ2) is 9.57. The van der Waals surface area contributed by atoms with Gasteiger partial charge in [0.05, 0.1) is 6.61 Å². The van der Waals surface area contributed by atoms with Crippen molar-refractivity contribution in [3.05, 3.63) is 94.5 Å². The molecule has 0 saturated heterocycles. The molecule has 0 spiro atoms. The number of rotatable bonds is 8. The lowest BCUT2D eigenvalue weighted by Gasteiger charge is -2.32. The first-order valence-electron chi connectivity index (χ1n) is 10.2. The molecule has 0 fully saturated rings. The number of hydrogen-bond acceptors (Lipinski definition) is 2. The zero-order valence-corrected chi connectivity index (χ0v) is 18.8. The minimum atomic E-state index is -0.0583. The SMILES string of the molecule is CCC(C)(Pc1ccc(C)cc1CO)c1cc(C)ccc1OCc1ccccc1. The van der Waals surface area contributed by atoms with Gasteiger partial charge in [0.2, 0.25) is 0 Å². The highest BCUT2D eigenvalue weighted by atomic mass is 31.1. The zero-order valence-electron chi connectivity index (χ0n) is 17.8. The Morgan fingerprint density at radius 2 is 1.62 bits per heavy atom. The predicted molar refractivity (Wildman–Crippen MR) is 125 cm³/mol. The van der Waals surface area contributed by atoms with Gasteiger partial charge in [-0.05, 0) is 42.8 Å². The van der Waals surface area contributed by atoms with E-state index in [1.807, 2.05) is 18.2 Å². The molecule has 1 N–H and O–H groups in total. The summed E-state index contributed by atoms with van der Waals surface area (Å²) in [7, 11) is 0.552. The van der Waals surface area contributed by atoms with Crippen molar-refractivity contribution < 1.29 is 9.84 Å². The van der Waals surface area contributed by atoms with Crippen LogP contribution in [0.25, 0.3) is 0 Å². The highest BCUT2D eigenvalue weighted by molar-refractivity contribution is 7.48. The van der Waals surface area contributed by atoms with Gasteiger partial charge in [-0.1, -0.05) is 94.2 Å². The molecule has 2 unspecified atom stereocenters. The molecule has 0 heterocycles. The van der Waals surface area contributed by atoms with Crippen LogP contribution in [0.15, 0.2) is 66.7 Å². The molecule has 0 aliphatic carbocycles. The third kappa shape index (κ3) is 5.26. The Labute approximate surface area is 176 Å². The van der Waals surface area contributed by atoms with Crippen molar-refractivity contribution in [3.63, 3.8) is 0 Å². The van der Waals surface area contributed by atoms with Crippen LogP contribution in [0, 0.1) is 13.8 Å². The van der Waals surface area contributed by atoms with Crippen LogP contribution in [0.4, 0.5) is 0 Å². The molecular weight excluding hydrogens is 375 g/mol. The Hall–Kier alpha value is -2.15. The van der Waals surface area contributed by atoms with E-state index in [1.54, 1.807) is 0 Å². The maximum atomic E-state index is 9.87. The quantitative estimate of drug-likeness (QED) is 0.465. The molecule has 0 amide bonds. The molecule has 2 nitrogen and oxygen atoms in total. The molecule has 0 bridgehead atoms. The van der Waals surface area contributed by atoms with Gasteiger partial charge in [0.1, 0.15) is 12.4 Å². The largest absolute Gasteiger partial charge is 0.489 e. The summed E-state index contributed by atoms with van der Waals surface area (Å²) in [6.07, 6.45) is 0.995. The fourth-order valence-corrected chi connectivity index (χ4v) is 5.13. The lowest BCUT2D eigenvalue weighted by molar-refractivity contribution is 0.283. The fourth-order valence-electron chi connectivity index (χ4n) is 3.55. The molecular formula is C26H31O2P. The number of aryl methyl sites for hydroxylation is 2. The van der Waals surface area contributed by atoms with E-state index < -0.39 is 0 Å². The van der Waals surface area contributed by atoms with E-state index in [0.29, 0.717) is 15.2 Å². The molecule has 0 aromatic heterocycles. The molecule has 0 saturated carbocycles. The lowest BCUT2D eigenvalue weighted by atomic mass is 9.95. The highest BCUT2D eigenvalue weighted by Crippen LogP contribution is 2.48. The molecule has 3 aromatic carbocycles. The van der Waals surface area contributed by atoms with E-state index in [2.05, 4.69) is 76.2 Å². The number of aliphatic hydroxyl groups excluding tert-OH is 1. The van der Waals surface area contributed by atoms with Gasteiger partial charge >= 0.3 is 0 Å². The van der Waals surface area contributed by atoms with Crippen molar-refractivity contribution in [1.29, 1.82) is 0 Å². The summed E-state index contributed by atoms with van der Waals surface area (Å²) in [6.45, 7) is 9.40. The Morgan fingerprint density at radius 3 is 2.31 bits per heavy atom. The summed E-state index contributed by atoms with van der Waals surface area (Å²) in [5.74, 6) is 0.953. The van der Waals surface area contributed by atoms with Gasteiger partial charge in [-0.25, -0.2) is 0 Å². The van der Waals surface area contributed by atoms with Gasteiger partial charge in [-0.3, -0.25) is 0 Å². The third-order valence-corrected chi connectivity index (χ3v) is 7.45. The summed E-state index contributed by atoms with van der Waals surface area (Å²) < 4.78 is 6.29. The van der Waals surface area contributed by atoms with Crippen LogP contribution in [-0.4, -0.2) is 5.11 Å². The van der Waals surface area contributed by atoms with Gasteiger partial charge in [-0.2, -0.15) is 0 Å². The van der Waals surface area contributed by atoms with Crippen molar-refractivity contribution in [2.24, 2.45) is 0 Å². The van der Waals surface area contributed by atoms with E-state index in [4.69, 9.17) is 4.74 Å². The molecule has 0 aliphatic heterocycles. The second-order valence-electron chi connectivity index (χ2n) is 7.90. The van der Waals surface area contributed by atoms with Gasteiger partial charge in [0.25, 0.3) is 0 Å². The summed E-state index contributed by atoms with van der Waals surface area (Å²) in [4.78, 5) is 0. The van der Waals surface area contributed by atoms with Gasteiger partial charge in [0, 0.05) is 10.7 Å². The number of ether oxygens (including phenoxy) is 1. The highest BCUT2D eigenvalue weighted by Gasteiger charge is 2.29. The first-order chi connectivity index (χ1) is 13.9. The van der Waals surface area contributed by atoms with Crippen molar-refractivity contribution >= 4 is 13.9 Å². The summed E-state index contributed by atoms with van der Waals surface area (Å²) in [5, 5.41) is 11.0. The van der Waals surface area contributed by atoms with Crippen LogP contribution >= 0.6 is 8.58 Å². The number of aliphatic hydroxyl groups is 1. The van der Waals surface area contributed by atoms with Crippen LogP contribution in [0.1, 0.15) is 48.1 Å². The first kappa shape index (κ1) is 21.6. The van der Waals surface area contributed by atoms with Crippen molar-refractivity contribution in [1.82, 2.24) is 0 Å². The monoisotopic (exact) mass is 406 g/mol. The van der Waals surface area contributed by atoms with Crippen molar-refractivity contribution in [3.8, 4) is 5.75 Å². The van der Waals surface area contributed by atoms with E-state index in [0.717, 1.165) is 17.7 Å². The van der Waals surface area contributed by atoms with E-state index in [1.165, 1.54) is 27.6 Å². The predicted octanol–water partition coefficient (Wildman–Crippen LogP) is 6.00. The smallest absolute Gasteiger partial charge is 0.123 e. The average molecular weight is 407 g/mol. The van der Waals surface area contributed by atoms with Gasteiger partial charge in [-0.15, -0.1) is 0 Å². The van der Waals surface area contributed by atoms with Crippen molar-refractivity contribution in [2.45, 2.75) is 52.5 Å². The fraction of sp³-hybridized carbons (Fsp3) is 0.308. The third-order valence-electron chi connectivity index (χ3n) is 5.52. The Bertz CT molecular complexity index is 952. The van der Waals surface area contributed by atoms with Crippen LogP contribution < -0.4 is 10.0 Å². The Balaban J connectivity index is 1.94. The number of hydrogen-bond donors (Lipinski definition) is 1. The zero-order chi connectivity index (χ0) is 20.9. The molecule has 3 rings (SSSR count). The lowest BCUT2D eigenvalue weighted by Crippen LogP contribution is -2.21. The molecule has 3 aromatic rings. The summed E-state index contributed by atoms with van der Waals surface area (Å²) in [5.41, 5.74) is 5.87. The molecule has 29 heavy (non-hydrogen) atoms. The van der Waals surface area contributed by atoms with Gasteiger partial charge < -0.3 is 9.84 Å². The van der Waals surface area contributed by atoms with E-state index in [-0.39, 0.29) is 11.8 Å². The maximum Gasteiger partial charge on any atom is 0.123 e. The van der Waals surface area contributed by atoms with Crippen LogP contribution in [0.5, 0.6) is 5.75 Å². The Morgan fingerprint density at radius 1 is 0.931 bits per heavy atom. The average Bonchev–Trinajstić information content (AvgIpc) is 2.74. The van der Waals surface area contributed by atoms with Crippen LogP contribution in [-0.2, 0) is 18.4 Å². The number of benzene rings is 3. The van der Waals surface area contributed by atoms with E-state index >= 15 is 0 Å². The minimum Gasteiger partial charge on any atom is -0.489 e. The van der Waals surface area contributed by atoms with Crippen LogP contribution in [0.2, 0.25) is 0 Å². The minimum absolute atomic E-state index is 0.0583.